The van der Waals surface area contributed by atoms with Gasteiger partial charge < -0.3 is 10.1 Å². The molecular formula is C26H32F3N5O2S. The number of amides is 1. The minimum absolute atomic E-state index is 0.0385. The van der Waals surface area contributed by atoms with Crippen LogP contribution in [0.3, 0.4) is 0 Å². The normalized spacial score (nSPS) is 20.7. The largest absolute Gasteiger partial charge is 0.464 e. The van der Waals surface area contributed by atoms with Crippen LogP contribution in [-0.2, 0) is 20.0 Å². The zero-order chi connectivity index (χ0) is 26.2. The summed E-state index contributed by atoms with van der Waals surface area (Å²) in [5.74, 6) is -3.20. The SMILES string of the molecule is Cn1cc2c(C(=O)NC3CCC(CCN4CCc5sc(OCC(C)(F)F)nc5C4)CC3)c(F)ccc2n1. The van der Waals surface area contributed by atoms with Gasteiger partial charge in [-0.25, -0.2) is 18.2 Å². The van der Waals surface area contributed by atoms with Crippen LogP contribution in [0.1, 0.15) is 60.0 Å². The molecule has 0 spiro atoms. The summed E-state index contributed by atoms with van der Waals surface area (Å²) in [4.78, 5) is 20.8. The van der Waals surface area contributed by atoms with E-state index in [0.29, 0.717) is 28.6 Å². The van der Waals surface area contributed by atoms with E-state index in [4.69, 9.17) is 4.74 Å². The van der Waals surface area contributed by atoms with E-state index < -0.39 is 18.3 Å². The Morgan fingerprint density at radius 3 is 2.81 bits per heavy atom. The Kier molecular flexibility index (Phi) is 7.44. The van der Waals surface area contributed by atoms with E-state index in [9.17, 15) is 18.0 Å². The fraction of sp³-hybridized carbons (Fsp3) is 0.577. The van der Waals surface area contributed by atoms with Crippen molar-refractivity contribution in [2.24, 2.45) is 13.0 Å². The molecule has 0 bridgehead atoms. The number of benzene rings is 1. The van der Waals surface area contributed by atoms with E-state index in [2.05, 4.69) is 20.3 Å². The molecule has 1 aromatic carbocycles. The minimum atomic E-state index is -2.87. The van der Waals surface area contributed by atoms with E-state index in [0.717, 1.165) is 69.1 Å². The van der Waals surface area contributed by atoms with Crippen LogP contribution in [0, 0.1) is 11.7 Å². The van der Waals surface area contributed by atoms with E-state index in [1.807, 2.05) is 0 Å². The average molecular weight is 536 g/mol. The number of carbonyl (C=O) groups excluding carboxylic acids is 1. The number of ether oxygens (including phenoxy) is 1. The lowest BCUT2D eigenvalue weighted by Gasteiger charge is -2.32. The molecule has 37 heavy (non-hydrogen) atoms. The summed E-state index contributed by atoms with van der Waals surface area (Å²) >= 11 is 1.37. The maximum absolute atomic E-state index is 14.5. The minimum Gasteiger partial charge on any atom is -0.464 e. The third kappa shape index (κ3) is 6.26. The van der Waals surface area contributed by atoms with Gasteiger partial charge in [0.15, 0.2) is 6.61 Å². The number of alkyl halides is 2. The van der Waals surface area contributed by atoms with Crippen LogP contribution >= 0.6 is 11.3 Å². The summed E-state index contributed by atoms with van der Waals surface area (Å²) in [6.07, 6.45) is 7.39. The molecule has 5 rings (SSSR count). The van der Waals surface area contributed by atoms with Gasteiger partial charge in [-0.3, -0.25) is 14.4 Å². The van der Waals surface area contributed by atoms with Crippen molar-refractivity contribution in [3.05, 3.63) is 40.3 Å². The summed E-state index contributed by atoms with van der Waals surface area (Å²) in [5, 5.41) is 8.17. The number of aryl methyl sites for hydroxylation is 1. The fourth-order valence-electron chi connectivity index (χ4n) is 5.30. The first-order valence-corrected chi connectivity index (χ1v) is 13.6. The van der Waals surface area contributed by atoms with Gasteiger partial charge in [-0.2, -0.15) is 5.10 Å². The zero-order valence-electron chi connectivity index (χ0n) is 21.1. The van der Waals surface area contributed by atoms with Crippen LogP contribution in [0.5, 0.6) is 5.19 Å². The zero-order valence-corrected chi connectivity index (χ0v) is 21.9. The Bertz CT molecular complexity index is 1260. The van der Waals surface area contributed by atoms with Crippen molar-refractivity contribution in [3.63, 3.8) is 0 Å². The predicted molar refractivity (Wildman–Crippen MR) is 136 cm³/mol. The van der Waals surface area contributed by atoms with Crippen LogP contribution in [0.15, 0.2) is 18.3 Å². The number of rotatable bonds is 8. The molecule has 1 amide bonds. The quantitative estimate of drug-likeness (QED) is 0.443. The number of fused-ring (bicyclic) bond motifs is 2. The first kappa shape index (κ1) is 26.0. The summed E-state index contributed by atoms with van der Waals surface area (Å²) in [6.45, 7) is 2.78. The van der Waals surface area contributed by atoms with Gasteiger partial charge in [0.25, 0.3) is 17.0 Å². The molecule has 3 heterocycles. The molecular weight excluding hydrogens is 503 g/mol. The maximum Gasteiger partial charge on any atom is 0.278 e. The summed E-state index contributed by atoms with van der Waals surface area (Å²) in [7, 11) is 1.75. The van der Waals surface area contributed by atoms with Crippen LogP contribution in [-0.4, -0.2) is 57.2 Å². The first-order valence-electron chi connectivity index (χ1n) is 12.8. The molecule has 7 nitrogen and oxygen atoms in total. The second-order valence-corrected chi connectivity index (χ2v) is 11.4. The van der Waals surface area contributed by atoms with Crippen molar-refractivity contribution in [3.8, 4) is 5.19 Å². The second-order valence-electron chi connectivity index (χ2n) is 10.4. The molecule has 200 valence electrons. The third-order valence-electron chi connectivity index (χ3n) is 7.25. The van der Waals surface area contributed by atoms with Crippen LogP contribution in [0.4, 0.5) is 13.2 Å². The number of hydrogen-bond acceptors (Lipinski definition) is 6. The predicted octanol–water partition coefficient (Wildman–Crippen LogP) is 4.94. The summed E-state index contributed by atoms with van der Waals surface area (Å²) in [5.41, 5.74) is 1.61. The summed E-state index contributed by atoms with van der Waals surface area (Å²) < 4.78 is 47.4. The lowest BCUT2D eigenvalue weighted by atomic mass is 9.84. The average Bonchev–Trinajstić information content (AvgIpc) is 3.43. The summed E-state index contributed by atoms with van der Waals surface area (Å²) in [6, 6.07) is 2.93. The van der Waals surface area contributed by atoms with E-state index in [1.54, 1.807) is 24.0 Å². The van der Waals surface area contributed by atoms with Gasteiger partial charge in [-0.15, -0.1) is 0 Å². The molecule has 2 aromatic heterocycles. The van der Waals surface area contributed by atoms with Crippen molar-refractivity contribution < 1.29 is 22.7 Å². The number of nitrogens with one attached hydrogen (secondary N) is 1. The highest BCUT2D eigenvalue weighted by molar-refractivity contribution is 7.13. The number of nitrogens with zero attached hydrogens (tertiary/aromatic N) is 4. The molecule has 1 aliphatic heterocycles. The van der Waals surface area contributed by atoms with E-state index in [1.165, 1.54) is 17.4 Å². The number of aromatic nitrogens is 3. The molecule has 11 heteroatoms. The smallest absolute Gasteiger partial charge is 0.278 e. The Morgan fingerprint density at radius 2 is 2.05 bits per heavy atom. The molecule has 0 unspecified atom stereocenters. The molecule has 3 aromatic rings. The van der Waals surface area contributed by atoms with Crippen molar-refractivity contribution >= 4 is 28.1 Å². The lowest BCUT2D eigenvalue weighted by molar-refractivity contribution is -0.0230. The highest BCUT2D eigenvalue weighted by Gasteiger charge is 2.28. The molecule has 2 aliphatic rings. The monoisotopic (exact) mass is 535 g/mol. The molecule has 0 saturated heterocycles. The molecule has 0 atom stereocenters. The first-order chi connectivity index (χ1) is 17.6. The third-order valence-corrected chi connectivity index (χ3v) is 8.32. The van der Waals surface area contributed by atoms with Crippen LogP contribution in [0.2, 0.25) is 0 Å². The van der Waals surface area contributed by atoms with Crippen LogP contribution < -0.4 is 10.1 Å². The van der Waals surface area contributed by atoms with Crippen molar-refractivity contribution in [2.45, 2.75) is 64.0 Å². The van der Waals surface area contributed by atoms with Gasteiger partial charge in [0, 0.05) is 49.6 Å². The van der Waals surface area contributed by atoms with Gasteiger partial charge >= 0.3 is 0 Å². The van der Waals surface area contributed by atoms with Gasteiger partial charge in [0.1, 0.15) is 5.82 Å². The molecule has 1 saturated carbocycles. The molecule has 1 N–H and O–H groups in total. The highest BCUT2D eigenvalue weighted by Crippen LogP contribution is 2.32. The van der Waals surface area contributed by atoms with Crippen molar-refractivity contribution in [2.75, 3.05) is 19.7 Å². The topological polar surface area (TPSA) is 72.3 Å². The number of hydrogen-bond donors (Lipinski definition) is 1. The maximum atomic E-state index is 14.5. The highest BCUT2D eigenvalue weighted by atomic mass is 32.1. The van der Waals surface area contributed by atoms with Gasteiger partial charge in [-0.1, -0.05) is 11.3 Å². The molecule has 1 fully saturated rings. The number of halogens is 3. The fourth-order valence-corrected chi connectivity index (χ4v) is 6.21. The van der Waals surface area contributed by atoms with Crippen molar-refractivity contribution in [1.29, 1.82) is 0 Å². The number of carbonyl (C=O) groups is 1. The Morgan fingerprint density at radius 1 is 1.27 bits per heavy atom. The van der Waals surface area contributed by atoms with Gasteiger partial charge in [0.2, 0.25) is 0 Å². The van der Waals surface area contributed by atoms with Gasteiger partial charge in [0.05, 0.1) is 16.8 Å². The second kappa shape index (κ2) is 10.6. The number of thiazole rings is 1. The standard InChI is InChI=1S/C26H32F3N5O2S/c1-26(28,29)15-36-25-31-21-14-34(12-10-22(21)37-25)11-9-16-3-5-17(6-4-16)30-24(35)23-18-13-33(2)32-20(18)8-7-19(23)27/h7-8,13,16-17H,3-6,9-12,14-15H2,1-2H3,(H,30,35). The lowest BCUT2D eigenvalue weighted by Crippen LogP contribution is -2.38. The van der Waals surface area contributed by atoms with Crippen molar-refractivity contribution in [1.82, 2.24) is 25.0 Å². The van der Waals surface area contributed by atoms with E-state index in [-0.39, 0.29) is 17.5 Å². The Labute approximate surface area is 218 Å². The molecule has 0 radical (unpaired) electrons. The Hall–Kier alpha value is -2.66. The Balaban J connectivity index is 1.08. The molecule has 1 aliphatic carbocycles. The van der Waals surface area contributed by atoms with Crippen LogP contribution in [0.25, 0.3) is 10.9 Å². The van der Waals surface area contributed by atoms with Gasteiger partial charge in [-0.05, 0) is 63.1 Å². The van der Waals surface area contributed by atoms with E-state index >= 15 is 0 Å².